The summed E-state index contributed by atoms with van der Waals surface area (Å²) < 4.78 is 0. The Labute approximate surface area is 194 Å². The summed E-state index contributed by atoms with van der Waals surface area (Å²) in [6.45, 7) is 9.08. The molecule has 1 aliphatic rings. The van der Waals surface area contributed by atoms with Crippen molar-refractivity contribution in [2.24, 2.45) is 5.92 Å². The van der Waals surface area contributed by atoms with Crippen LogP contribution < -0.4 is 15.5 Å². The molecule has 2 heterocycles. The van der Waals surface area contributed by atoms with Gasteiger partial charge >= 0.3 is 0 Å². The average Bonchev–Trinajstić information content (AvgIpc) is 2.82. The Balaban J connectivity index is 1.40. The van der Waals surface area contributed by atoms with E-state index in [0.29, 0.717) is 12.3 Å². The molecule has 0 atom stereocenters. The summed E-state index contributed by atoms with van der Waals surface area (Å²) in [6.07, 6.45) is 2.61. The van der Waals surface area contributed by atoms with Crippen LogP contribution in [0.3, 0.4) is 0 Å². The van der Waals surface area contributed by atoms with E-state index in [-0.39, 0.29) is 17.7 Å². The molecule has 0 unspecified atom stereocenters. The second-order valence-electron chi connectivity index (χ2n) is 8.27. The van der Waals surface area contributed by atoms with Crippen molar-refractivity contribution in [1.29, 1.82) is 0 Å². The van der Waals surface area contributed by atoms with Gasteiger partial charge in [0.15, 0.2) is 5.82 Å². The normalized spacial score (nSPS) is 14.3. The Bertz CT molecular complexity index is 911. The highest BCUT2D eigenvalue weighted by Gasteiger charge is 2.25. The monoisotopic (exact) mass is 455 g/mol. The van der Waals surface area contributed by atoms with Crippen molar-refractivity contribution in [3.63, 3.8) is 0 Å². The predicted molar refractivity (Wildman–Crippen MR) is 129 cm³/mol. The summed E-state index contributed by atoms with van der Waals surface area (Å²) in [5.74, 6) is 1.35. The van der Waals surface area contributed by atoms with E-state index < -0.39 is 0 Å². The molecule has 1 aromatic carbocycles. The molecule has 0 saturated carbocycles. The van der Waals surface area contributed by atoms with Gasteiger partial charge in [-0.2, -0.15) is 0 Å². The van der Waals surface area contributed by atoms with E-state index in [4.69, 9.17) is 0 Å². The second kappa shape index (κ2) is 11.9. The molecule has 2 amide bonds. The fourth-order valence-electron chi connectivity index (χ4n) is 3.63. The number of amides is 2. The third-order valence-electron chi connectivity index (χ3n) is 5.78. The van der Waals surface area contributed by atoms with Gasteiger partial charge in [-0.15, -0.1) is 10.2 Å². The number of rotatable bonds is 9. The Morgan fingerprint density at radius 3 is 2.50 bits per heavy atom. The minimum absolute atomic E-state index is 0.0254. The fourth-order valence-corrected chi connectivity index (χ4v) is 4.27. The van der Waals surface area contributed by atoms with Gasteiger partial charge in [0, 0.05) is 32.1 Å². The van der Waals surface area contributed by atoms with Crippen molar-refractivity contribution < 1.29 is 9.59 Å². The van der Waals surface area contributed by atoms with Gasteiger partial charge in [-0.1, -0.05) is 36.9 Å². The van der Waals surface area contributed by atoms with Gasteiger partial charge in [0.1, 0.15) is 5.03 Å². The average molecular weight is 456 g/mol. The van der Waals surface area contributed by atoms with Crippen LogP contribution in [0.1, 0.15) is 42.9 Å². The standard InChI is InChI=1S/C24H33N5O2S/c1-4-11-25-24(31)20-9-12-29(13-10-20)21-7-8-23(28-27-21)32-16-22(30)26-15-19-6-5-17(2)18(3)14-19/h5-8,14,20H,4,9-13,15-16H2,1-3H3,(H,25,31)(H,26,30). The second-order valence-corrected chi connectivity index (χ2v) is 9.26. The molecule has 0 spiro atoms. The van der Waals surface area contributed by atoms with E-state index in [1.807, 2.05) is 18.2 Å². The van der Waals surface area contributed by atoms with Crippen LogP contribution in [0, 0.1) is 19.8 Å². The largest absolute Gasteiger partial charge is 0.356 e. The first-order valence-electron chi connectivity index (χ1n) is 11.3. The molecule has 2 N–H and O–H groups in total. The number of benzene rings is 1. The molecule has 0 radical (unpaired) electrons. The summed E-state index contributed by atoms with van der Waals surface area (Å²) in [6, 6.07) is 10.1. The first kappa shape index (κ1) is 24.0. The first-order valence-corrected chi connectivity index (χ1v) is 12.3. The summed E-state index contributed by atoms with van der Waals surface area (Å²) in [4.78, 5) is 26.5. The Morgan fingerprint density at radius 2 is 1.84 bits per heavy atom. The van der Waals surface area contributed by atoms with E-state index in [1.54, 1.807) is 0 Å². The number of hydrogen-bond donors (Lipinski definition) is 2. The SMILES string of the molecule is CCCNC(=O)C1CCN(c2ccc(SCC(=O)NCc3ccc(C)c(C)c3)nn2)CC1. The topological polar surface area (TPSA) is 87.2 Å². The summed E-state index contributed by atoms with van der Waals surface area (Å²) in [5.41, 5.74) is 3.58. The van der Waals surface area contributed by atoms with Crippen molar-refractivity contribution in [2.45, 2.75) is 51.6 Å². The molecule has 172 valence electrons. The molecule has 7 nitrogen and oxygen atoms in total. The summed E-state index contributed by atoms with van der Waals surface area (Å²) in [5, 5.41) is 15.3. The van der Waals surface area contributed by atoms with Gasteiger partial charge in [-0.25, -0.2) is 0 Å². The van der Waals surface area contributed by atoms with Crippen LogP contribution in [0.25, 0.3) is 0 Å². The van der Waals surface area contributed by atoms with Crippen molar-refractivity contribution in [2.75, 3.05) is 30.3 Å². The van der Waals surface area contributed by atoms with Gasteiger partial charge in [0.2, 0.25) is 11.8 Å². The highest BCUT2D eigenvalue weighted by molar-refractivity contribution is 7.99. The summed E-state index contributed by atoms with van der Waals surface area (Å²) >= 11 is 1.38. The molecule has 32 heavy (non-hydrogen) atoms. The van der Waals surface area contributed by atoms with Crippen LogP contribution >= 0.6 is 11.8 Å². The number of hydrogen-bond acceptors (Lipinski definition) is 6. The number of anilines is 1. The molecule has 1 fully saturated rings. The molecule has 1 aromatic heterocycles. The predicted octanol–water partition coefficient (Wildman–Crippen LogP) is 3.24. The van der Waals surface area contributed by atoms with Gasteiger partial charge < -0.3 is 15.5 Å². The lowest BCUT2D eigenvalue weighted by Gasteiger charge is -2.31. The van der Waals surface area contributed by atoms with E-state index >= 15 is 0 Å². The molecule has 1 aliphatic heterocycles. The molecular weight excluding hydrogens is 422 g/mol. The van der Waals surface area contributed by atoms with Crippen molar-refractivity contribution in [3.8, 4) is 0 Å². The van der Waals surface area contributed by atoms with Gasteiger partial charge in [-0.05, 0) is 61.9 Å². The lowest BCUT2D eigenvalue weighted by molar-refractivity contribution is -0.125. The lowest BCUT2D eigenvalue weighted by Crippen LogP contribution is -2.41. The number of aromatic nitrogens is 2. The van der Waals surface area contributed by atoms with Crippen LogP contribution in [-0.4, -0.2) is 47.4 Å². The number of aryl methyl sites for hydroxylation is 2. The van der Waals surface area contributed by atoms with E-state index in [2.05, 4.69) is 58.6 Å². The van der Waals surface area contributed by atoms with Gasteiger partial charge in [-0.3, -0.25) is 9.59 Å². The fraction of sp³-hybridized carbons (Fsp3) is 0.500. The number of nitrogens with one attached hydrogen (secondary N) is 2. The number of thioether (sulfide) groups is 1. The highest BCUT2D eigenvalue weighted by atomic mass is 32.2. The molecule has 0 bridgehead atoms. The van der Waals surface area contributed by atoms with Gasteiger partial charge in [0.25, 0.3) is 0 Å². The maximum atomic E-state index is 12.2. The molecule has 0 aliphatic carbocycles. The van der Waals surface area contributed by atoms with Crippen LogP contribution in [-0.2, 0) is 16.1 Å². The van der Waals surface area contributed by atoms with Crippen LogP contribution in [0.2, 0.25) is 0 Å². The zero-order valence-electron chi connectivity index (χ0n) is 19.2. The highest BCUT2D eigenvalue weighted by Crippen LogP contribution is 2.23. The third kappa shape index (κ3) is 6.95. The summed E-state index contributed by atoms with van der Waals surface area (Å²) in [7, 11) is 0. The smallest absolute Gasteiger partial charge is 0.230 e. The van der Waals surface area contributed by atoms with Crippen molar-refractivity contribution in [3.05, 3.63) is 47.0 Å². The number of carbonyl (C=O) groups is 2. The zero-order valence-corrected chi connectivity index (χ0v) is 20.0. The van der Waals surface area contributed by atoms with Crippen LogP contribution in [0.15, 0.2) is 35.4 Å². The van der Waals surface area contributed by atoms with Gasteiger partial charge in [0.05, 0.1) is 5.75 Å². The Morgan fingerprint density at radius 1 is 1.06 bits per heavy atom. The molecule has 3 rings (SSSR count). The maximum Gasteiger partial charge on any atom is 0.230 e. The van der Waals surface area contributed by atoms with Crippen LogP contribution in [0.4, 0.5) is 5.82 Å². The van der Waals surface area contributed by atoms with Crippen molar-refractivity contribution >= 4 is 29.4 Å². The quantitative estimate of drug-likeness (QED) is 0.565. The minimum Gasteiger partial charge on any atom is -0.356 e. The first-order chi connectivity index (χ1) is 15.5. The molecular formula is C24H33N5O2S. The molecule has 1 saturated heterocycles. The lowest BCUT2D eigenvalue weighted by atomic mass is 9.96. The minimum atomic E-state index is -0.0254. The molecule has 2 aromatic rings. The van der Waals surface area contributed by atoms with E-state index in [1.165, 1.54) is 22.9 Å². The van der Waals surface area contributed by atoms with Crippen LogP contribution in [0.5, 0.6) is 0 Å². The number of piperidine rings is 1. The Kier molecular flexibility index (Phi) is 8.90. The molecule has 8 heteroatoms. The maximum absolute atomic E-state index is 12.2. The third-order valence-corrected chi connectivity index (χ3v) is 6.70. The number of nitrogens with zero attached hydrogens (tertiary/aromatic N) is 3. The number of carbonyl (C=O) groups excluding carboxylic acids is 2. The zero-order chi connectivity index (χ0) is 22.9. The van der Waals surface area contributed by atoms with E-state index in [9.17, 15) is 9.59 Å². The van der Waals surface area contributed by atoms with Crippen molar-refractivity contribution in [1.82, 2.24) is 20.8 Å². The van der Waals surface area contributed by atoms with E-state index in [0.717, 1.165) is 55.3 Å². The Hall–Kier alpha value is -2.61.